The number of anilines is 1. The zero-order chi connectivity index (χ0) is 21.4. The van der Waals surface area contributed by atoms with Crippen LogP contribution in [0.15, 0.2) is 42.6 Å². The number of H-pyrrole nitrogens is 1. The molecule has 1 unspecified atom stereocenters. The highest BCUT2D eigenvalue weighted by Gasteiger charge is 2.43. The van der Waals surface area contributed by atoms with Crippen LogP contribution in [0.5, 0.6) is 5.75 Å². The molecule has 31 heavy (non-hydrogen) atoms. The summed E-state index contributed by atoms with van der Waals surface area (Å²) >= 11 is 0. The van der Waals surface area contributed by atoms with E-state index < -0.39 is 0 Å². The summed E-state index contributed by atoms with van der Waals surface area (Å²) in [5.41, 5.74) is 2.80. The van der Waals surface area contributed by atoms with Crippen molar-refractivity contribution >= 4 is 22.8 Å². The molecule has 5 rings (SSSR count). The third-order valence-corrected chi connectivity index (χ3v) is 6.54. The van der Waals surface area contributed by atoms with Crippen LogP contribution in [0.1, 0.15) is 6.42 Å². The quantitative estimate of drug-likeness (QED) is 0.642. The molecule has 2 aliphatic rings. The SMILES string of the molecule is COc1ccccc1-c1c[nH]c2nc(NC(=O)[C@H]3CC3CN3CCN(C)CC3)ccc12. The van der Waals surface area contributed by atoms with E-state index in [0.29, 0.717) is 11.7 Å². The zero-order valence-corrected chi connectivity index (χ0v) is 18.1. The fourth-order valence-electron chi connectivity index (χ4n) is 4.52. The Labute approximate surface area is 182 Å². The number of amides is 1. The number of piperazine rings is 1. The number of ether oxygens (including phenoxy) is 1. The van der Waals surface area contributed by atoms with Gasteiger partial charge in [-0.1, -0.05) is 18.2 Å². The van der Waals surface area contributed by atoms with Gasteiger partial charge in [-0.15, -0.1) is 0 Å². The third kappa shape index (κ3) is 4.16. The molecule has 0 bridgehead atoms. The summed E-state index contributed by atoms with van der Waals surface area (Å²) in [7, 11) is 3.84. The Morgan fingerprint density at radius 2 is 1.97 bits per heavy atom. The first kappa shape index (κ1) is 20.0. The average molecular weight is 420 g/mol. The maximum Gasteiger partial charge on any atom is 0.228 e. The van der Waals surface area contributed by atoms with Gasteiger partial charge < -0.3 is 24.8 Å². The van der Waals surface area contributed by atoms with Gasteiger partial charge in [-0.2, -0.15) is 0 Å². The maximum absolute atomic E-state index is 12.7. The smallest absolute Gasteiger partial charge is 0.228 e. The van der Waals surface area contributed by atoms with Crippen LogP contribution in [0.2, 0.25) is 0 Å². The number of nitrogens with zero attached hydrogens (tertiary/aromatic N) is 3. The number of benzene rings is 1. The van der Waals surface area contributed by atoms with Gasteiger partial charge in [0.15, 0.2) is 0 Å². The Kier molecular flexibility index (Phi) is 5.38. The van der Waals surface area contributed by atoms with E-state index in [9.17, 15) is 4.79 Å². The second kappa shape index (κ2) is 8.32. The van der Waals surface area contributed by atoms with Gasteiger partial charge in [0.25, 0.3) is 0 Å². The van der Waals surface area contributed by atoms with Crippen LogP contribution in [0, 0.1) is 11.8 Å². The molecular formula is C24H29N5O2. The highest BCUT2D eigenvalue weighted by atomic mass is 16.5. The van der Waals surface area contributed by atoms with Gasteiger partial charge in [0.05, 0.1) is 7.11 Å². The number of likely N-dealkylation sites (N-methyl/N-ethyl adjacent to an activating group) is 1. The Bertz CT molecular complexity index is 1090. The van der Waals surface area contributed by atoms with Gasteiger partial charge in [0.1, 0.15) is 17.2 Å². The van der Waals surface area contributed by atoms with E-state index in [1.807, 2.05) is 42.6 Å². The molecule has 2 aromatic heterocycles. The maximum atomic E-state index is 12.7. The van der Waals surface area contributed by atoms with Crippen molar-refractivity contribution in [2.75, 3.05) is 52.2 Å². The van der Waals surface area contributed by atoms with Crippen LogP contribution in [-0.4, -0.2) is 72.6 Å². The van der Waals surface area contributed by atoms with Gasteiger partial charge in [0.2, 0.25) is 5.91 Å². The minimum atomic E-state index is 0.0856. The lowest BCUT2D eigenvalue weighted by Gasteiger charge is -2.32. The average Bonchev–Trinajstić information content (AvgIpc) is 3.44. The van der Waals surface area contributed by atoms with Crippen molar-refractivity contribution in [1.82, 2.24) is 19.8 Å². The number of methoxy groups -OCH3 is 1. The van der Waals surface area contributed by atoms with Crippen molar-refractivity contribution in [2.24, 2.45) is 11.8 Å². The number of aromatic amines is 1. The number of rotatable bonds is 6. The zero-order valence-electron chi connectivity index (χ0n) is 18.1. The van der Waals surface area contributed by atoms with E-state index in [1.54, 1.807) is 7.11 Å². The van der Waals surface area contributed by atoms with E-state index in [4.69, 9.17) is 4.74 Å². The lowest BCUT2D eigenvalue weighted by molar-refractivity contribution is -0.117. The summed E-state index contributed by atoms with van der Waals surface area (Å²) in [6, 6.07) is 11.8. The molecule has 1 amide bonds. The first-order valence-corrected chi connectivity index (χ1v) is 11.0. The van der Waals surface area contributed by atoms with Crippen LogP contribution in [0.4, 0.5) is 5.82 Å². The number of carbonyl (C=O) groups excluding carboxylic acids is 1. The molecule has 2 fully saturated rings. The van der Waals surface area contributed by atoms with E-state index in [2.05, 4.69) is 32.1 Å². The molecule has 7 heteroatoms. The summed E-state index contributed by atoms with van der Waals surface area (Å²) in [5, 5.41) is 4.02. The van der Waals surface area contributed by atoms with E-state index in [1.165, 1.54) is 0 Å². The van der Waals surface area contributed by atoms with Crippen LogP contribution in [0.3, 0.4) is 0 Å². The molecule has 0 spiro atoms. The van der Waals surface area contributed by atoms with Gasteiger partial charge in [-0.05, 0) is 37.6 Å². The predicted octanol–water partition coefficient (Wildman–Crippen LogP) is 3.06. The summed E-state index contributed by atoms with van der Waals surface area (Å²) in [5.74, 6) is 2.07. The molecule has 1 aliphatic carbocycles. The Balaban J connectivity index is 1.24. The molecule has 1 aromatic carbocycles. The molecule has 1 saturated heterocycles. The topological polar surface area (TPSA) is 73.5 Å². The molecule has 162 valence electrons. The number of fused-ring (bicyclic) bond motifs is 1. The number of hydrogen-bond acceptors (Lipinski definition) is 5. The van der Waals surface area contributed by atoms with Crippen molar-refractivity contribution in [3.05, 3.63) is 42.6 Å². The third-order valence-electron chi connectivity index (χ3n) is 6.54. The fourth-order valence-corrected chi connectivity index (χ4v) is 4.52. The molecule has 0 radical (unpaired) electrons. The summed E-state index contributed by atoms with van der Waals surface area (Å²) in [6.07, 6.45) is 2.91. The van der Waals surface area contributed by atoms with Gasteiger partial charge in [-0.3, -0.25) is 4.79 Å². The molecule has 2 N–H and O–H groups in total. The van der Waals surface area contributed by atoms with Gasteiger partial charge in [-0.25, -0.2) is 4.98 Å². The Hall–Kier alpha value is -2.90. The normalized spacial score (nSPS) is 21.9. The standard InChI is InChI=1S/C24H29N5O2/c1-28-9-11-29(12-10-28)15-16-13-19(16)24(30)27-22-8-7-18-20(14-25-23(18)26-22)17-5-3-4-6-21(17)31-2/h3-8,14,16,19H,9-13,15H2,1-2H3,(H2,25,26,27,30)/t16?,19-/m0/s1. The van der Waals surface area contributed by atoms with Crippen molar-refractivity contribution < 1.29 is 9.53 Å². The molecular weight excluding hydrogens is 390 g/mol. The summed E-state index contributed by atoms with van der Waals surface area (Å²) in [4.78, 5) is 25.4. The highest BCUT2D eigenvalue weighted by molar-refractivity contribution is 5.98. The molecule has 3 aromatic rings. The lowest BCUT2D eigenvalue weighted by Crippen LogP contribution is -2.45. The van der Waals surface area contributed by atoms with Crippen LogP contribution in [-0.2, 0) is 4.79 Å². The van der Waals surface area contributed by atoms with Crippen molar-refractivity contribution in [3.8, 4) is 16.9 Å². The number of aromatic nitrogens is 2. The predicted molar refractivity (Wildman–Crippen MR) is 122 cm³/mol. The largest absolute Gasteiger partial charge is 0.496 e. The number of hydrogen-bond donors (Lipinski definition) is 2. The van der Waals surface area contributed by atoms with E-state index in [-0.39, 0.29) is 11.8 Å². The van der Waals surface area contributed by atoms with E-state index >= 15 is 0 Å². The number of pyridine rings is 1. The summed E-state index contributed by atoms with van der Waals surface area (Å²) < 4.78 is 5.50. The second-order valence-corrected chi connectivity index (χ2v) is 8.69. The van der Waals surface area contributed by atoms with Crippen molar-refractivity contribution in [1.29, 1.82) is 0 Å². The van der Waals surface area contributed by atoms with Crippen molar-refractivity contribution in [2.45, 2.75) is 6.42 Å². The molecule has 7 nitrogen and oxygen atoms in total. The van der Waals surface area contributed by atoms with Crippen LogP contribution < -0.4 is 10.1 Å². The number of nitrogens with one attached hydrogen (secondary N) is 2. The molecule has 1 saturated carbocycles. The second-order valence-electron chi connectivity index (χ2n) is 8.69. The van der Waals surface area contributed by atoms with Crippen molar-refractivity contribution in [3.63, 3.8) is 0 Å². The van der Waals surface area contributed by atoms with Crippen LogP contribution >= 0.6 is 0 Å². The lowest BCUT2D eigenvalue weighted by atomic mass is 10.0. The van der Waals surface area contributed by atoms with Crippen LogP contribution in [0.25, 0.3) is 22.2 Å². The van der Waals surface area contributed by atoms with Gasteiger partial charge >= 0.3 is 0 Å². The monoisotopic (exact) mass is 419 g/mol. The first-order valence-electron chi connectivity index (χ1n) is 11.0. The Morgan fingerprint density at radius 3 is 2.77 bits per heavy atom. The highest BCUT2D eigenvalue weighted by Crippen LogP contribution is 2.40. The van der Waals surface area contributed by atoms with E-state index in [0.717, 1.165) is 67.1 Å². The number of carbonyl (C=O) groups is 1. The minimum Gasteiger partial charge on any atom is -0.496 e. The van der Waals surface area contributed by atoms with Gasteiger partial charge in [0, 0.05) is 61.4 Å². The number of para-hydroxylation sites is 1. The minimum absolute atomic E-state index is 0.0856. The fraction of sp³-hybridized carbons (Fsp3) is 0.417. The molecule has 1 aliphatic heterocycles. The molecule has 2 atom stereocenters. The summed E-state index contributed by atoms with van der Waals surface area (Å²) in [6.45, 7) is 5.44. The molecule has 3 heterocycles. The Morgan fingerprint density at radius 1 is 1.16 bits per heavy atom. The first-order chi connectivity index (χ1) is 15.1.